The van der Waals surface area contributed by atoms with Gasteiger partial charge in [0.05, 0.1) is 24.1 Å². The van der Waals surface area contributed by atoms with Crippen LogP contribution in [0, 0.1) is 11.6 Å². The SMILES string of the molecule is CC(Oc1ccc([S+](c2ccc(C3(C)OCCCCCO3)cc2)c2cc(F)cc(F)c2)cc1)C(F)(F)S(=O)(=O)O. The van der Waals surface area contributed by atoms with E-state index in [1.165, 1.54) is 36.4 Å². The predicted octanol–water partition coefficient (Wildman–Crippen LogP) is 6.70. The monoisotopic (exact) mass is 601 g/mol. The fourth-order valence-corrected chi connectivity index (χ4v) is 6.77. The third kappa shape index (κ3) is 6.80. The Morgan fingerprint density at radius 1 is 0.875 bits per heavy atom. The minimum Gasteiger partial charge on any atom is -0.483 e. The summed E-state index contributed by atoms with van der Waals surface area (Å²) in [6.45, 7) is 3.76. The van der Waals surface area contributed by atoms with Crippen LogP contribution in [0.25, 0.3) is 0 Å². The number of benzene rings is 3. The maximum Gasteiger partial charge on any atom is 0.405 e. The third-order valence-corrected chi connectivity index (χ3v) is 9.63. The van der Waals surface area contributed by atoms with Crippen molar-refractivity contribution in [3.63, 3.8) is 0 Å². The number of ether oxygens (including phenoxy) is 3. The number of hydrogen-bond donors (Lipinski definition) is 1. The molecule has 1 aliphatic rings. The van der Waals surface area contributed by atoms with Crippen molar-refractivity contribution in [2.24, 2.45) is 0 Å². The van der Waals surface area contributed by atoms with Gasteiger partial charge in [0.2, 0.25) is 0 Å². The maximum absolute atomic E-state index is 14.2. The smallest absolute Gasteiger partial charge is 0.405 e. The second-order valence-electron chi connectivity index (χ2n) is 9.41. The van der Waals surface area contributed by atoms with Gasteiger partial charge in [0.1, 0.15) is 17.4 Å². The van der Waals surface area contributed by atoms with Gasteiger partial charge in [-0.3, -0.25) is 4.55 Å². The lowest BCUT2D eigenvalue weighted by Crippen LogP contribution is -2.42. The van der Waals surface area contributed by atoms with Crippen LogP contribution in [0.1, 0.15) is 38.7 Å². The van der Waals surface area contributed by atoms with Gasteiger partial charge in [0.15, 0.2) is 26.6 Å². The molecule has 2 unspecified atom stereocenters. The van der Waals surface area contributed by atoms with Crippen molar-refractivity contribution in [2.45, 2.75) is 64.9 Å². The molecule has 0 saturated carbocycles. The van der Waals surface area contributed by atoms with Crippen molar-refractivity contribution < 1.29 is 44.7 Å². The molecule has 216 valence electrons. The summed E-state index contributed by atoms with van der Waals surface area (Å²) in [4.78, 5) is 1.64. The highest BCUT2D eigenvalue weighted by atomic mass is 32.2. The first-order valence-electron chi connectivity index (χ1n) is 12.5. The molecule has 3 aromatic rings. The van der Waals surface area contributed by atoms with E-state index in [0.717, 1.165) is 37.8 Å². The molecule has 0 amide bonds. The highest BCUT2D eigenvalue weighted by molar-refractivity contribution is 7.97. The van der Waals surface area contributed by atoms with Crippen molar-refractivity contribution in [2.75, 3.05) is 13.2 Å². The molecule has 0 spiro atoms. The lowest BCUT2D eigenvalue weighted by molar-refractivity contribution is -0.241. The maximum atomic E-state index is 14.2. The van der Waals surface area contributed by atoms with Crippen molar-refractivity contribution in [3.05, 3.63) is 83.9 Å². The van der Waals surface area contributed by atoms with E-state index < -0.39 is 49.8 Å². The summed E-state index contributed by atoms with van der Waals surface area (Å²) in [5.41, 5.74) is 0.782. The Morgan fingerprint density at radius 3 is 1.88 bits per heavy atom. The molecule has 1 saturated heterocycles. The Bertz CT molecular complexity index is 1390. The first kappa shape index (κ1) is 30.3. The van der Waals surface area contributed by atoms with Gasteiger partial charge in [-0.15, -0.1) is 0 Å². The number of hydrogen-bond acceptors (Lipinski definition) is 5. The van der Waals surface area contributed by atoms with E-state index in [9.17, 15) is 26.0 Å². The molecule has 0 bridgehead atoms. The molecule has 40 heavy (non-hydrogen) atoms. The zero-order valence-electron chi connectivity index (χ0n) is 21.8. The molecule has 1 aliphatic heterocycles. The second kappa shape index (κ2) is 12.1. The summed E-state index contributed by atoms with van der Waals surface area (Å²) in [5, 5.41) is -4.53. The molecule has 1 N–H and O–H groups in total. The Kier molecular flexibility index (Phi) is 9.15. The molecule has 1 heterocycles. The molecule has 0 aliphatic carbocycles. The molecular formula is C28H29F4O6S2+. The Hall–Kier alpha value is -2.64. The van der Waals surface area contributed by atoms with Crippen molar-refractivity contribution >= 4 is 21.0 Å². The Morgan fingerprint density at radius 2 is 1.38 bits per heavy atom. The quantitative estimate of drug-likeness (QED) is 0.176. The molecule has 6 nitrogen and oxygen atoms in total. The van der Waals surface area contributed by atoms with Gasteiger partial charge in [-0.25, -0.2) is 8.78 Å². The Balaban J connectivity index is 1.67. The van der Waals surface area contributed by atoms with Gasteiger partial charge in [0.25, 0.3) is 0 Å². The summed E-state index contributed by atoms with van der Waals surface area (Å²) in [6, 6.07) is 16.3. The normalized spacial score (nSPS) is 17.9. The van der Waals surface area contributed by atoms with Gasteiger partial charge in [-0.2, -0.15) is 17.2 Å². The van der Waals surface area contributed by atoms with Crippen LogP contribution in [0.5, 0.6) is 5.75 Å². The summed E-state index contributed by atoms with van der Waals surface area (Å²) >= 11 is 0. The predicted molar refractivity (Wildman–Crippen MR) is 141 cm³/mol. The van der Waals surface area contributed by atoms with E-state index >= 15 is 0 Å². The highest BCUT2D eigenvalue weighted by Crippen LogP contribution is 2.36. The van der Waals surface area contributed by atoms with Crippen molar-refractivity contribution in [3.8, 4) is 5.75 Å². The molecular weight excluding hydrogens is 572 g/mol. The topological polar surface area (TPSA) is 82.1 Å². The summed E-state index contributed by atoms with van der Waals surface area (Å²) in [7, 11) is -6.71. The molecule has 12 heteroatoms. The van der Waals surface area contributed by atoms with Gasteiger partial charge < -0.3 is 14.2 Å². The largest absolute Gasteiger partial charge is 0.483 e. The summed E-state index contributed by atoms with van der Waals surface area (Å²) in [6.07, 6.45) is 0.693. The minimum absolute atomic E-state index is 0.0876. The van der Waals surface area contributed by atoms with E-state index in [0.29, 0.717) is 27.9 Å². The van der Waals surface area contributed by atoms with Gasteiger partial charge in [0, 0.05) is 23.8 Å². The average Bonchev–Trinajstić information content (AvgIpc) is 2.87. The lowest BCUT2D eigenvalue weighted by Gasteiger charge is -2.32. The molecule has 2 atom stereocenters. The van der Waals surface area contributed by atoms with Gasteiger partial charge in [-0.1, -0.05) is 0 Å². The summed E-state index contributed by atoms with van der Waals surface area (Å²) < 4.78 is 104. The molecule has 1 fully saturated rings. The third-order valence-electron chi connectivity index (χ3n) is 6.42. The van der Waals surface area contributed by atoms with E-state index in [1.807, 2.05) is 31.2 Å². The van der Waals surface area contributed by atoms with Crippen LogP contribution < -0.4 is 4.74 Å². The number of alkyl halides is 2. The van der Waals surface area contributed by atoms with E-state index in [4.69, 9.17) is 18.8 Å². The molecule has 0 aromatic heterocycles. The van der Waals surface area contributed by atoms with Crippen LogP contribution in [0.3, 0.4) is 0 Å². The lowest BCUT2D eigenvalue weighted by atomic mass is 10.1. The molecule has 3 aromatic carbocycles. The van der Waals surface area contributed by atoms with Crippen LogP contribution in [-0.4, -0.2) is 37.5 Å². The van der Waals surface area contributed by atoms with Crippen LogP contribution in [0.4, 0.5) is 17.6 Å². The fraction of sp³-hybridized carbons (Fsp3) is 0.357. The van der Waals surface area contributed by atoms with Crippen molar-refractivity contribution in [1.29, 1.82) is 0 Å². The average molecular weight is 602 g/mol. The second-order valence-corrected chi connectivity index (χ2v) is 12.9. The zero-order chi connectivity index (χ0) is 29.1. The molecule has 0 radical (unpaired) electrons. The first-order valence-corrected chi connectivity index (χ1v) is 15.2. The van der Waals surface area contributed by atoms with Crippen LogP contribution in [0.15, 0.2) is 81.4 Å². The zero-order valence-corrected chi connectivity index (χ0v) is 23.4. The minimum atomic E-state index is -5.69. The standard InChI is InChI=1S/C28H28F4O6S2/c1-19(28(31,32)40(33,34)35)38-23-8-12-25(13-9-23)39(26-17-21(29)16-22(30)18-26)24-10-6-20(7-11-24)27(2)36-14-4-3-5-15-37-27/h6-13,16-19H,3-5,14-15H2,1-2H3/p+1. The van der Waals surface area contributed by atoms with Gasteiger partial charge >= 0.3 is 15.4 Å². The van der Waals surface area contributed by atoms with E-state index in [-0.39, 0.29) is 5.75 Å². The highest BCUT2D eigenvalue weighted by Gasteiger charge is 2.51. The van der Waals surface area contributed by atoms with E-state index in [1.54, 1.807) is 0 Å². The summed E-state index contributed by atoms with van der Waals surface area (Å²) in [5.74, 6) is -2.54. The number of halogens is 4. The number of rotatable bonds is 8. The van der Waals surface area contributed by atoms with Crippen LogP contribution >= 0.6 is 0 Å². The van der Waals surface area contributed by atoms with Crippen LogP contribution in [0.2, 0.25) is 0 Å². The van der Waals surface area contributed by atoms with Gasteiger partial charge in [-0.05, 0) is 81.6 Å². The fourth-order valence-electron chi connectivity index (χ4n) is 4.21. The Labute approximate surface area is 233 Å². The first-order chi connectivity index (χ1) is 18.8. The van der Waals surface area contributed by atoms with Crippen molar-refractivity contribution in [1.82, 2.24) is 0 Å². The van der Waals surface area contributed by atoms with Crippen LogP contribution in [-0.2, 0) is 36.3 Å². The molecule has 4 rings (SSSR count). The van der Waals surface area contributed by atoms with E-state index in [2.05, 4.69) is 0 Å².